The summed E-state index contributed by atoms with van der Waals surface area (Å²) >= 11 is 0. The molecular formula is C17H22N4. The van der Waals surface area contributed by atoms with Crippen molar-refractivity contribution in [1.82, 2.24) is 5.32 Å². The van der Waals surface area contributed by atoms with Crippen LogP contribution in [0.2, 0.25) is 0 Å². The van der Waals surface area contributed by atoms with Crippen LogP contribution >= 0.6 is 0 Å². The van der Waals surface area contributed by atoms with E-state index in [1.54, 1.807) is 0 Å². The minimum absolute atomic E-state index is 0.0514. The van der Waals surface area contributed by atoms with Crippen molar-refractivity contribution in [1.29, 1.82) is 5.41 Å². The Bertz CT molecular complexity index is 602. The van der Waals surface area contributed by atoms with E-state index >= 15 is 0 Å². The van der Waals surface area contributed by atoms with Crippen LogP contribution in [-0.4, -0.2) is 12.0 Å². The second kappa shape index (κ2) is 6.90. The predicted molar refractivity (Wildman–Crippen MR) is 89.4 cm³/mol. The highest BCUT2D eigenvalue weighted by Crippen LogP contribution is 2.22. The van der Waals surface area contributed by atoms with Crippen LogP contribution in [0.25, 0.3) is 11.1 Å². The topological polar surface area (TPSA) is 73.9 Å². The lowest BCUT2D eigenvalue weighted by molar-refractivity contribution is 0.589. The molecule has 2 aromatic rings. The molecule has 21 heavy (non-hydrogen) atoms. The zero-order valence-electron chi connectivity index (χ0n) is 12.5. The van der Waals surface area contributed by atoms with Crippen molar-refractivity contribution >= 4 is 11.6 Å². The van der Waals surface area contributed by atoms with E-state index in [2.05, 4.69) is 48.7 Å². The third-order valence-electron chi connectivity index (χ3n) is 3.14. The monoisotopic (exact) mass is 282 g/mol. The smallest absolute Gasteiger partial charge is 0.190 e. The Morgan fingerprint density at radius 2 is 1.81 bits per heavy atom. The molecule has 0 aliphatic heterocycles. The van der Waals surface area contributed by atoms with Gasteiger partial charge in [-0.3, -0.25) is 5.41 Å². The maximum absolute atomic E-state index is 7.22. The van der Waals surface area contributed by atoms with Crippen molar-refractivity contribution in [3.8, 4) is 11.1 Å². The van der Waals surface area contributed by atoms with Crippen molar-refractivity contribution in [2.24, 2.45) is 5.73 Å². The molecule has 0 unspecified atom stereocenters. The Morgan fingerprint density at radius 3 is 2.43 bits per heavy atom. The zero-order valence-corrected chi connectivity index (χ0v) is 12.5. The summed E-state index contributed by atoms with van der Waals surface area (Å²) in [5.41, 5.74) is 9.75. The second-order valence-electron chi connectivity index (χ2n) is 5.35. The molecule has 0 fully saturated rings. The van der Waals surface area contributed by atoms with Gasteiger partial charge >= 0.3 is 0 Å². The van der Waals surface area contributed by atoms with Gasteiger partial charge in [-0.25, -0.2) is 0 Å². The standard InChI is InChI=1S/C17H22N4/c1-12(2)20-11-13-4-3-5-15(10-13)14-6-8-16(9-7-14)21-17(18)19/h3-10,12,20H,11H2,1-2H3,(H4,18,19,21). The highest BCUT2D eigenvalue weighted by atomic mass is 15.0. The number of anilines is 1. The van der Waals surface area contributed by atoms with Crippen LogP contribution in [0.3, 0.4) is 0 Å². The summed E-state index contributed by atoms with van der Waals surface area (Å²) < 4.78 is 0. The van der Waals surface area contributed by atoms with E-state index in [0.29, 0.717) is 6.04 Å². The number of benzene rings is 2. The van der Waals surface area contributed by atoms with Crippen molar-refractivity contribution in [3.05, 3.63) is 54.1 Å². The van der Waals surface area contributed by atoms with Crippen molar-refractivity contribution in [2.45, 2.75) is 26.4 Å². The molecule has 2 rings (SSSR count). The van der Waals surface area contributed by atoms with Gasteiger partial charge < -0.3 is 16.4 Å². The summed E-state index contributed by atoms with van der Waals surface area (Å²) in [6.45, 7) is 5.16. The molecule has 0 radical (unpaired) electrons. The molecule has 0 atom stereocenters. The minimum atomic E-state index is -0.0514. The molecule has 0 aliphatic rings. The van der Waals surface area contributed by atoms with Gasteiger partial charge in [0.15, 0.2) is 5.96 Å². The van der Waals surface area contributed by atoms with Gasteiger partial charge in [0.2, 0.25) is 0 Å². The number of hydrogen-bond donors (Lipinski definition) is 4. The second-order valence-corrected chi connectivity index (χ2v) is 5.35. The summed E-state index contributed by atoms with van der Waals surface area (Å²) in [5, 5.41) is 13.4. The van der Waals surface area contributed by atoms with Crippen LogP contribution in [0.5, 0.6) is 0 Å². The van der Waals surface area contributed by atoms with Crippen molar-refractivity contribution in [2.75, 3.05) is 5.32 Å². The third-order valence-corrected chi connectivity index (χ3v) is 3.14. The van der Waals surface area contributed by atoms with Gasteiger partial charge in [-0.1, -0.05) is 44.2 Å². The molecule has 0 saturated heterocycles. The summed E-state index contributed by atoms with van der Waals surface area (Å²) in [6, 6.07) is 16.9. The van der Waals surface area contributed by atoms with Crippen LogP contribution < -0.4 is 16.4 Å². The number of nitrogens with two attached hydrogens (primary N) is 1. The Morgan fingerprint density at radius 1 is 1.10 bits per heavy atom. The van der Waals surface area contributed by atoms with E-state index in [9.17, 15) is 0 Å². The molecule has 5 N–H and O–H groups in total. The van der Waals surface area contributed by atoms with Crippen LogP contribution in [0.1, 0.15) is 19.4 Å². The lowest BCUT2D eigenvalue weighted by Gasteiger charge is -2.10. The zero-order chi connectivity index (χ0) is 15.2. The maximum atomic E-state index is 7.22. The van der Waals surface area contributed by atoms with Gasteiger partial charge in [-0.15, -0.1) is 0 Å². The number of hydrogen-bond acceptors (Lipinski definition) is 2. The first-order chi connectivity index (χ1) is 10.0. The van der Waals surface area contributed by atoms with Gasteiger partial charge in [0.25, 0.3) is 0 Å². The average molecular weight is 282 g/mol. The summed E-state index contributed by atoms with van der Waals surface area (Å²) in [4.78, 5) is 0. The first-order valence-electron chi connectivity index (χ1n) is 7.08. The normalized spacial score (nSPS) is 10.6. The molecule has 4 nitrogen and oxygen atoms in total. The van der Waals surface area contributed by atoms with Gasteiger partial charge in [-0.05, 0) is 34.9 Å². The Balaban J connectivity index is 2.14. The van der Waals surface area contributed by atoms with Crippen LogP contribution in [-0.2, 0) is 6.54 Å². The number of nitrogens with one attached hydrogen (secondary N) is 3. The number of rotatable bonds is 5. The molecule has 0 amide bonds. The van der Waals surface area contributed by atoms with Crippen molar-refractivity contribution < 1.29 is 0 Å². The lowest BCUT2D eigenvalue weighted by atomic mass is 10.0. The molecule has 0 aliphatic carbocycles. The van der Waals surface area contributed by atoms with E-state index in [4.69, 9.17) is 11.1 Å². The molecule has 0 heterocycles. The molecule has 0 bridgehead atoms. The van der Waals surface area contributed by atoms with Crippen molar-refractivity contribution in [3.63, 3.8) is 0 Å². The van der Waals surface area contributed by atoms with Crippen LogP contribution in [0.15, 0.2) is 48.5 Å². The Kier molecular flexibility index (Phi) is 4.95. The quantitative estimate of drug-likeness (QED) is 0.503. The molecule has 2 aromatic carbocycles. The van der Waals surface area contributed by atoms with E-state index in [1.807, 2.05) is 24.3 Å². The highest BCUT2D eigenvalue weighted by molar-refractivity contribution is 5.90. The molecule has 110 valence electrons. The van der Waals surface area contributed by atoms with Gasteiger partial charge in [0.05, 0.1) is 0 Å². The number of guanidine groups is 1. The van der Waals surface area contributed by atoms with Gasteiger partial charge in [0, 0.05) is 18.3 Å². The van der Waals surface area contributed by atoms with E-state index < -0.39 is 0 Å². The summed E-state index contributed by atoms with van der Waals surface area (Å²) in [6.07, 6.45) is 0. The Hall–Kier alpha value is -2.33. The van der Waals surface area contributed by atoms with Crippen LogP contribution in [0.4, 0.5) is 5.69 Å². The SMILES string of the molecule is CC(C)NCc1cccc(-c2ccc(NC(=N)N)cc2)c1. The molecule has 0 spiro atoms. The molecular weight excluding hydrogens is 260 g/mol. The van der Waals surface area contributed by atoms with Crippen LogP contribution in [0, 0.1) is 5.41 Å². The fourth-order valence-corrected chi connectivity index (χ4v) is 2.08. The fourth-order valence-electron chi connectivity index (χ4n) is 2.08. The lowest BCUT2D eigenvalue weighted by Crippen LogP contribution is -2.21. The molecule has 0 saturated carbocycles. The third kappa shape index (κ3) is 4.61. The summed E-state index contributed by atoms with van der Waals surface area (Å²) in [5.74, 6) is -0.0514. The van der Waals surface area contributed by atoms with Gasteiger partial charge in [-0.2, -0.15) is 0 Å². The summed E-state index contributed by atoms with van der Waals surface area (Å²) in [7, 11) is 0. The Labute approximate surface area is 125 Å². The predicted octanol–water partition coefficient (Wildman–Crippen LogP) is 3.16. The first-order valence-corrected chi connectivity index (χ1v) is 7.08. The van der Waals surface area contributed by atoms with E-state index in [-0.39, 0.29) is 5.96 Å². The first kappa shape index (κ1) is 15.1. The largest absolute Gasteiger partial charge is 0.370 e. The highest BCUT2D eigenvalue weighted by Gasteiger charge is 2.01. The average Bonchev–Trinajstić information content (AvgIpc) is 2.45. The van der Waals surface area contributed by atoms with E-state index in [0.717, 1.165) is 17.8 Å². The molecule has 4 heteroatoms. The van der Waals surface area contributed by atoms with E-state index in [1.165, 1.54) is 11.1 Å². The maximum Gasteiger partial charge on any atom is 0.190 e. The van der Waals surface area contributed by atoms with Gasteiger partial charge in [0.1, 0.15) is 0 Å². The fraction of sp³-hybridized carbons (Fsp3) is 0.235. The minimum Gasteiger partial charge on any atom is -0.370 e. The molecule has 0 aromatic heterocycles.